The molecule has 1 heterocycles. The van der Waals surface area contributed by atoms with Gasteiger partial charge >= 0.3 is 0 Å². The summed E-state index contributed by atoms with van der Waals surface area (Å²) in [6.07, 6.45) is 0. The fraction of sp³-hybridized carbons (Fsp3) is 0.300. The quantitative estimate of drug-likeness (QED) is 0.818. The molecular formula is C20H22N2O. The zero-order valence-electron chi connectivity index (χ0n) is 14.1. The van der Waals surface area contributed by atoms with Crippen molar-refractivity contribution in [3.8, 4) is 0 Å². The Morgan fingerprint density at radius 3 is 1.96 bits per heavy atom. The molecule has 1 unspecified atom stereocenters. The molecule has 3 nitrogen and oxygen atoms in total. The van der Waals surface area contributed by atoms with Crippen LogP contribution in [0.1, 0.15) is 38.8 Å². The van der Waals surface area contributed by atoms with Gasteiger partial charge in [0.15, 0.2) is 0 Å². The van der Waals surface area contributed by atoms with E-state index in [0.29, 0.717) is 0 Å². The summed E-state index contributed by atoms with van der Waals surface area (Å²) >= 11 is 0. The van der Waals surface area contributed by atoms with Crippen molar-refractivity contribution >= 4 is 11.6 Å². The number of nitrogens with zero attached hydrogens (tertiary/aromatic N) is 2. The van der Waals surface area contributed by atoms with E-state index in [9.17, 15) is 4.79 Å². The molecule has 0 saturated carbocycles. The number of carbonyl (C=O) groups is 1. The van der Waals surface area contributed by atoms with Gasteiger partial charge in [-0.15, -0.1) is 0 Å². The molecule has 0 aromatic heterocycles. The zero-order chi connectivity index (χ0) is 16.7. The van der Waals surface area contributed by atoms with Crippen molar-refractivity contribution < 1.29 is 4.79 Å². The van der Waals surface area contributed by atoms with E-state index in [4.69, 9.17) is 5.10 Å². The minimum absolute atomic E-state index is 0.0460. The number of carbonyl (C=O) groups excluding carboxylic acids is 1. The monoisotopic (exact) mass is 306 g/mol. The number of amides is 1. The minimum Gasteiger partial charge on any atom is -0.273 e. The molecule has 1 aliphatic heterocycles. The maximum atomic E-state index is 12.3. The summed E-state index contributed by atoms with van der Waals surface area (Å²) in [5.41, 5.74) is 2.25. The van der Waals surface area contributed by atoms with Gasteiger partial charge in [0, 0.05) is 12.3 Å². The van der Waals surface area contributed by atoms with Crippen LogP contribution in [0.15, 0.2) is 65.8 Å². The van der Waals surface area contributed by atoms with Gasteiger partial charge in [0.1, 0.15) is 0 Å². The van der Waals surface area contributed by atoms with E-state index >= 15 is 0 Å². The minimum atomic E-state index is -0.523. The summed E-state index contributed by atoms with van der Waals surface area (Å²) in [5, 5.41) is 6.38. The normalized spacial score (nSPS) is 22.8. The first-order valence-electron chi connectivity index (χ1n) is 7.90. The topological polar surface area (TPSA) is 32.7 Å². The number of rotatable bonds is 2. The highest BCUT2D eigenvalue weighted by Crippen LogP contribution is 2.51. The molecule has 3 rings (SSSR count). The molecule has 2 aromatic carbocycles. The highest BCUT2D eigenvalue weighted by Gasteiger charge is 2.56. The second-order valence-electron chi connectivity index (χ2n) is 6.71. The van der Waals surface area contributed by atoms with Gasteiger partial charge in [-0.3, -0.25) is 4.79 Å². The molecule has 0 aliphatic carbocycles. The SMILES string of the molecule is CC(=O)N1N=C(c2ccccc2)C(C)(C)C1(C)c1ccccc1. The Morgan fingerprint density at radius 2 is 1.43 bits per heavy atom. The van der Waals surface area contributed by atoms with Crippen LogP contribution in [0.3, 0.4) is 0 Å². The molecule has 3 heteroatoms. The molecular weight excluding hydrogens is 284 g/mol. The number of hydrogen-bond acceptors (Lipinski definition) is 2. The maximum absolute atomic E-state index is 12.3. The summed E-state index contributed by atoms with van der Waals surface area (Å²) in [7, 11) is 0. The van der Waals surface area contributed by atoms with Crippen molar-refractivity contribution in [1.29, 1.82) is 0 Å². The summed E-state index contributed by atoms with van der Waals surface area (Å²) in [4.78, 5) is 12.3. The van der Waals surface area contributed by atoms with Crippen LogP contribution in [-0.4, -0.2) is 16.6 Å². The van der Waals surface area contributed by atoms with Crippen molar-refractivity contribution in [2.75, 3.05) is 0 Å². The van der Waals surface area contributed by atoms with Crippen LogP contribution in [0, 0.1) is 5.41 Å². The van der Waals surface area contributed by atoms with E-state index < -0.39 is 5.54 Å². The van der Waals surface area contributed by atoms with Gasteiger partial charge in [-0.1, -0.05) is 74.5 Å². The predicted octanol–water partition coefficient (Wildman–Crippen LogP) is 4.19. The average Bonchev–Trinajstić information content (AvgIpc) is 2.77. The van der Waals surface area contributed by atoms with Crippen molar-refractivity contribution in [2.45, 2.75) is 33.2 Å². The van der Waals surface area contributed by atoms with Gasteiger partial charge in [-0.2, -0.15) is 5.10 Å². The summed E-state index contributed by atoms with van der Waals surface area (Å²) < 4.78 is 0. The zero-order valence-corrected chi connectivity index (χ0v) is 14.1. The highest BCUT2D eigenvalue weighted by molar-refractivity contribution is 6.07. The largest absolute Gasteiger partial charge is 0.273 e. The van der Waals surface area contributed by atoms with Crippen LogP contribution >= 0.6 is 0 Å². The fourth-order valence-electron chi connectivity index (χ4n) is 3.47. The van der Waals surface area contributed by atoms with Crippen molar-refractivity contribution in [1.82, 2.24) is 5.01 Å². The lowest BCUT2D eigenvalue weighted by molar-refractivity contribution is -0.136. The first-order valence-corrected chi connectivity index (χ1v) is 7.90. The van der Waals surface area contributed by atoms with E-state index in [0.717, 1.165) is 16.8 Å². The van der Waals surface area contributed by atoms with Crippen molar-refractivity contribution in [3.05, 3.63) is 71.8 Å². The van der Waals surface area contributed by atoms with E-state index in [1.54, 1.807) is 11.9 Å². The third-order valence-corrected chi connectivity index (χ3v) is 5.11. The van der Waals surface area contributed by atoms with Gasteiger partial charge in [0.2, 0.25) is 5.91 Å². The number of hydrogen-bond donors (Lipinski definition) is 0. The molecule has 118 valence electrons. The van der Waals surface area contributed by atoms with E-state index in [1.807, 2.05) is 36.4 Å². The molecule has 23 heavy (non-hydrogen) atoms. The smallest absolute Gasteiger partial charge is 0.240 e. The summed E-state index contributed by atoms with van der Waals surface area (Å²) in [6.45, 7) is 8.00. The predicted molar refractivity (Wildman–Crippen MR) is 93.1 cm³/mol. The van der Waals surface area contributed by atoms with Crippen LogP contribution in [0.25, 0.3) is 0 Å². The van der Waals surface area contributed by atoms with Crippen LogP contribution in [0.2, 0.25) is 0 Å². The van der Waals surface area contributed by atoms with Crippen molar-refractivity contribution in [3.63, 3.8) is 0 Å². The Balaban J connectivity index is 2.20. The lowest BCUT2D eigenvalue weighted by Gasteiger charge is -2.43. The van der Waals surface area contributed by atoms with Crippen molar-refractivity contribution in [2.24, 2.45) is 10.5 Å². The Morgan fingerprint density at radius 1 is 0.913 bits per heavy atom. The molecule has 0 bridgehead atoms. The molecule has 0 N–H and O–H groups in total. The van der Waals surface area contributed by atoms with Gasteiger partial charge in [-0.25, -0.2) is 5.01 Å². The van der Waals surface area contributed by atoms with E-state index in [2.05, 4.69) is 45.0 Å². The lowest BCUT2D eigenvalue weighted by atomic mass is 9.66. The molecule has 0 saturated heterocycles. The standard InChI is InChI=1S/C20H22N2O/c1-15(23)22-20(4,17-13-9-6-10-14-17)19(2,3)18(21-22)16-11-7-5-8-12-16/h5-14H,1-4H3. The highest BCUT2D eigenvalue weighted by atomic mass is 16.2. The molecule has 0 fully saturated rings. The fourth-order valence-corrected chi connectivity index (χ4v) is 3.47. The second-order valence-corrected chi connectivity index (χ2v) is 6.71. The first kappa shape index (κ1) is 15.5. The average molecular weight is 306 g/mol. The Bertz CT molecular complexity index is 750. The molecule has 1 aliphatic rings. The van der Waals surface area contributed by atoms with Crippen LogP contribution in [0.5, 0.6) is 0 Å². The van der Waals surface area contributed by atoms with Crippen LogP contribution in [-0.2, 0) is 10.3 Å². The Hall–Kier alpha value is -2.42. The van der Waals surface area contributed by atoms with Crippen LogP contribution in [0.4, 0.5) is 0 Å². The van der Waals surface area contributed by atoms with E-state index in [1.165, 1.54) is 0 Å². The molecule has 1 atom stereocenters. The first-order chi connectivity index (χ1) is 10.9. The third kappa shape index (κ3) is 2.19. The van der Waals surface area contributed by atoms with E-state index in [-0.39, 0.29) is 11.3 Å². The lowest BCUT2D eigenvalue weighted by Crippen LogP contribution is -2.50. The maximum Gasteiger partial charge on any atom is 0.240 e. The molecule has 0 spiro atoms. The molecule has 0 radical (unpaired) electrons. The number of hydrazone groups is 1. The third-order valence-electron chi connectivity index (χ3n) is 5.11. The molecule has 2 aromatic rings. The van der Waals surface area contributed by atoms with Gasteiger partial charge in [-0.05, 0) is 18.1 Å². The summed E-state index contributed by atoms with van der Waals surface area (Å²) in [5.74, 6) is -0.0460. The number of benzene rings is 2. The van der Waals surface area contributed by atoms with Gasteiger partial charge < -0.3 is 0 Å². The Labute approximate surface area is 137 Å². The van der Waals surface area contributed by atoms with Crippen LogP contribution < -0.4 is 0 Å². The second kappa shape index (κ2) is 5.34. The Kier molecular flexibility index (Phi) is 3.59. The van der Waals surface area contributed by atoms with Gasteiger partial charge in [0.25, 0.3) is 0 Å². The molecule has 1 amide bonds. The van der Waals surface area contributed by atoms with Gasteiger partial charge in [0.05, 0.1) is 11.3 Å². The summed E-state index contributed by atoms with van der Waals surface area (Å²) in [6, 6.07) is 20.3.